The molecule has 1 aliphatic heterocycles. The summed E-state index contributed by atoms with van der Waals surface area (Å²) in [5, 5.41) is 6.21. The van der Waals surface area contributed by atoms with Gasteiger partial charge in [0.15, 0.2) is 0 Å². The van der Waals surface area contributed by atoms with Gasteiger partial charge in [-0.05, 0) is 58.1 Å². The van der Waals surface area contributed by atoms with Crippen molar-refractivity contribution in [3.8, 4) is 0 Å². The Balaban J connectivity index is 0.00000220. The summed E-state index contributed by atoms with van der Waals surface area (Å²) < 4.78 is 0. The van der Waals surface area contributed by atoms with Gasteiger partial charge in [0.2, 0.25) is 0 Å². The van der Waals surface area contributed by atoms with Gasteiger partial charge in [0.05, 0.1) is 0 Å². The average molecular weight is 312 g/mol. The number of carbonyl (C=O) groups excluding carboxylic acids is 1. The molecule has 5 heteroatoms. The first-order valence-corrected chi connectivity index (χ1v) is 7.43. The number of halogens is 1. The molecule has 1 aliphatic rings. The van der Waals surface area contributed by atoms with Gasteiger partial charge < -0.3 is 15.5 Å². The van der Waals surface area contributed by atoms with Gasteiger partial charge in [-0.3, -0.25) is 4.79 Å². The zero-order valence-corrected chi connectivity index (χ0v) is 13.7. The Morgan fingerprint density at radius 1 is 1.38 bits per heavy atom. The predicted octanol–water partition coefficient (Wildman–Crippen LogP) is 1.69. The number of rotatable bonds is 6. The fourth-order valence-electron chi connectivity index (χ4n) is 2.76. The molecule has 1 unspecified atom stereocenters. The quantitative estimate of drug-likeness (QED) is 0.840. The summed E-state index contributed by atoms with van der Waals surface area (Å²) in [4.78, 5) is 14.7. The Kier molecular flexibility index (Phi) is 7.72. The minimum Gasteiger partial charge on any atom is -0.350 e. The minimum absolute atomic E-state index is 0. The lowest BCUT2D eigenvalue weighted by atomic mass is 10.0. The molecule has 1 heterocycles. The third-order valence-corrected chi connectivity index (χ3v) is 4.08. The van der Waals surface area contributed by atoms with Crippen molar-refractivity contribution in [2.24, 2.45) is 0 Å². The van der Waals surface area contributed by atoms with E-state index in [1.807, 2.05) is 31.3 Å². The minimum atomic E-state index is 0. The average Bonchev–Trinajstić information content (AvgIpc) is 2.88. The van der Waals surface area contributed by atoms with E-state index in [1.165, 1.54) is 12.8 Å². The maximum Gasteiger partial charge on any atom is 0.251 e. The molecule has 0 spiro atoms. The summed E-state index contributed by atoms with van der Waals surface area (Å²) in [6, 6.07) is 8.36. The maximum absolute atomic E-state index is 12.3. The Labute approximate surface area is 133 Å². The molecule has 0 saturated carbocycles. The van der Waals surface area contributed by atoms with Crippen LogP contribution in [0.2, 0.25) is 0 Å². The van der Waals surface area contributed by atoms with Gasteiger partial charge in [-0.25, -0.2) is 0 Å². The van der Waals surface area contributed by atoms with E-state index in [2.05, 4.69) is 22.6 Å². The summed E-state index contributed by atoms with van der Waals surface area (Å²) in [5.74, 6) is 0.0528. The number of benzene rings is 1. The molecule has 2 rings (SSSR count). The Bertz CT molecular complexity index is 453. The zero-order valence-electron chi connectivity index (χ0n) is 12.9. The van der Waals surface area contributed by atoms with Crippen LogP contribution in [0.5, 0.6) is 0 Å². The summed E-state index contributed by atoms with van der Waals surface area (Å²) >= 11 is 0. The van der Waals surface area contributed by atoms with E-state index in [0.717, 1.165) is 37.2 Å². The van der Waals surface area contributed by atoms with Gasteiger partial charge in [0, 0.05) is 18.2 Å². The Hall–Kier alpha value is -1.10. The molecule has 1 atom stereocenters. The Morgan fingerprint density at radius 3 is 2.81 bits per heavy atom. The van der Waals surface area contributed by atoms with Crippen LogP contribution >= 0.6 is 12.4 Å². The second-order valence-electron chi connectivity index (χ2n) is 5.50. The van der Waals surface area contributed by atoms with Gasteiger partial charge in [-0.1, -0.05) is 18.2 Å². The molecular weight excluding hydrogens is 286 g/mol. The highest BCUT2D eigenvalue weighted by molar-refractivity contribution is 5.95. The second kappa shape index (κ2) is 9.03. The fourth-order valence-corrected chi connectivity index (χ4v) is 2.76. The van der Waals surface area contributed by atoms with Crippen molar-refractivity contribution in [2.45, 2.75) is 25.3 Å². The molecule has 21 heavy (non-hydrogen) atoms. The van der Waals surface area contributed by atoms with Crippen LogP contribution in [0, 0.1) is 0 Å². The molecule has 0 aliphatic carbocycles. The second-order valence-corrected chi connectivity index (χ2v) is 5.50. The van der Waals surface area contributed by atoms with E-state index >= 15 is 0 Å². The van der Waals surface area contributed by atoms with Gasteiger partial charge in [0.25, 0.3) is 5.91 Å². The highest BCUT2D eigenvalue weighted by Crippen LogP contribution is 2.14. The summed E-state index contributed by atoms with van der Waals surface area (Å²) in [7, 11) is 4.06. The number of amides is 1. The normalized spacial score (nSPS) is 18.3. The largest absolute Gasteiger partial charge is 0.350 e. The summed E-state index contributed by atoms with van der Waals surface area (Å²) in [6.07, 6.45) is 3.29. The number of nitrogens with one attached hydrogen (secondary N) is 2. The SMILES string of the molecule is CNCCc1ccccc1C(=O)NCC1CCCN1C.Cl. The van der Waals surface area contributed by atoms with Crippen LogP contribution in [0.4, 0.5) is 0 Å². The van der Waals surface area contributed by atoms with Crippen LogP contribution in [0.3, 0.4) is 0 Å². The van der Waals surface area contributed by atoms with Crippen molar-refractivity contribution in [1.29, 1.82) is 0 Å². The monoisotopic (exact) mass is 311 g/mol. The first-order chi connectivity index (χ1) is 9.72. The van der Waals surface area contributed by atoms with Gasteiger partial charge in [-0.15, -0.1) is 12.4 Å². The van der Waals surface area contributed by atoms with Crippen molar-refractivity contribution in [1.82, 2.24) is 15.5 Å². The van der Waals surface area contributed by atoms with Crippen molar-refractivity contribution in [2.75, 3.05) is 33.7 Å². The number of likely N-dealkylation sites (N-methyl/N-ethyl adjacent to an activating group) is 2. The first-order valence-electron chi connectivity index (χ1n) is 7.43. The number of hydrogen-bond acceptors (Lipinski definition) is 3. The fraction of sp³-hybridized carbons (Fsp3) is 0.562. The topological polar surface area (TPSA) is 44.4 Å². The number of likely N-dealkylation sites (tertiary alicyclic amines) is 1. The molecule has 0 radical (unpaired) electrons. The lowest BCUT2D eigenvalue weighted by Crippen LogP contribution is -2.38. The van der Waals surface area contributed by atoms with Crippen LogP contribution in [0.15, 0.2) is 24.3 Å². The third-order valence-electron chi connectivity index (χ3n) is 4.08. The molecule has 1 fully saturated rings. The van der Waals surface area contributed by atoms with Crippen molar-refractivity contribution < 1.29 is 4.79 Å². The van der Waals surface area contributed by atoms with E-state index in [9.17, 15) is 4.79 Å². The molecule has 118 valence electrons. The van der Waals surface area contributed by atoms with E-state index in [4.69, 9.17) is 0 Å². The number of hydrogen-bond donors (Lipinski definition) is 2. The van der Waals surface area contributed by atoms with Crippen molar-refractivity contribution in [3.05, 3.63) is 35.4 Å². The van der Waals surface area contributed by atoms with Crippen LogP contribution in [0.25, 0.3) is 0 Å². The van der Waals surface area contributed by atoms with Gasteiger partial charge >= 0.3 is 0 Å². The van der Waals surface area contributed by atoms with Crippen LogP contribution < -0.4 is 10.6 Å². The van der Waals surface area contributed by atoms with Gasteiger partial charge in [0.1, 0.15) is 0 Å². The molecule has 1 aromatic carbocycles. The number of carbonyl (C=O) groups is 1. The van der Waals surface area contributed by atoms with Crippen LogP contribution in [-0.2, 0) is 6.42 Å². The van der Waals surface area contributed by atoms with E-state index in [-0.39, 0.29) is 18.3 Å². The smallest absolute Gasteiger partial charge is 0.251 e. The van der Waals surface area contributed by atoms with Crippen LogP contribution in [-0.4, -0.2) is 50.6 Å². The molecular formula is C16H26ClN3O. The summed E-state index contributed by atoms with van der Waals surface area (Å²) in [5.41, 5.74) is 1.92. The molecule has 1 aromatic rings. The lowest BCUT2D eigenvalue weighted by Gasteiger charge is -2.20. The standard InChI is InChI=1S/C16H25N3O.ClH/c1-17-10-9-13-6-3-4-8-15(13)16(20)18-12-14-7-5-11-19(14)2;/h3-4,6,8,14,17H,5,7,9-12H2,1-2H3,(H,18,20);1H. The van der Waals surface area contributed by atoms with E-state index < -0.39 is 0 Å². The molecule has 2 N–H and O–H groups in total. The highest BCUT2D eigenvalue weighted by atomic mass is 35.5. The third kappa shape index (κ3) is 4.99. The predicted molar refractivity (Wildman–Crippen MR) is 89.3 cm³/mol. The van der Waals surface area contributed by atoms with Crippen LogP contribution in [0.1, 0.15) is 28.8 Å². The highest BCUT2D eigenvalue weighted by Gasteiger charge is 2.21. The molecule has 4 nitrogen and oxygen atoms in total. The number of nitrogens with zero attached hydrogens (tertiary/aromatic N) is 1. The van der Waals surface area contributed by atoms with Gasteiger partial charge in [-0.2, -0.15) is 0 Å². The molecule has 1 saturated heterocycles. The van der Waals surface area contributed by atoms with E-state index in [0.29, 0.717) is 6.04 Å². The molecule has 0 bridgehead atoms. The maximum atomic E-state index is 12.3. The first kappa shape index (κ1) is 18.0. The van der Waals surface area contributed by atoms with Crippen molar-refractivity contribution >= 4 is 18.3 Å². The Morgan fingerprint density at radius 2 is 2.14 bits per heavy atom. The zero-order chi connectivity index (χ0) is 14.4. The molecule has 1 amide bonds. The lowest BCUT2D eigenvalue weighted by molar-refractivity contribution is 0.0942. The van der Waals surface area contributed by atoms with E-state index in [1.54, 1.807) is 0 Å². The van der Waals surface area contributed by atoms with Crippen molar-refractivity contribution in [3.63, 3.8) is 0 Å². The molecule has 0 aromatic heterocycles. The summed E-state index contributed by atoms with van der Waals surface area (Å²) in [6.45, 7) is 2.77.